The molecular weight excluding hydrogens is 232 g/mol. The molecule has 0 unspecified atom stereocenters. The maximum atomic E-state index is 12.1. The molecule has 1 amide bonds. The Morgan fingerprint density at radius 3 is 3.00 bits per heavy atom. The molecule has 1 saturated carbocycles. The second-order valence-corrected chi connectivity index (χ2v) is 4.91. The molecule has 18 heavy (non-hydrogen) atoms. The molecule has 2 atom stereocenters. The predicted molar refractivity (Wildman–Crippen MR) is 64.5 cm³/mol. The van der Waals surface area contributed by atoms with Crippen LogP contribution in [0.15, 0.2) is 12.3 Å². The van der Waals surface area contributed by atoms with E-state index >= 15 is 0 Å². The molecule has 2 heterocycles. The van der Waals surface area contributed by atoms with Gasteiger partial charge in [0, 0.05) is 12.2 Å². The van der Waals surface area contributed by atoms with Gasteiger partial charge in [0.1, 0.15) is 5.69 Å². The summed E-state index contributed by atoms with van der Waals surface area (Å²) in [6, 6.07) is 2.17. The van der Waals surface area contributed by atoms with Crippen molar-refractivity contribution in [3.8, 4) is 0 Å². The molecule has 2 aliphatic rings. The molecule has 0 spiro atoms. The largest absolute Gasteiger partial charge is 0.465 e. The van der Waals surface area contributed by atoms with Crippen LogP contribution in [0.1, 0.15) is 52.6 Å². The summed E-state index contributed by atoms with van der Waals surface area (Å²) < 4.78 is 6.67. The summed E-state index contributed by atoms with van der Waals surface area (Å²) in [6.07, 6.45) is 6.22. The van der Waals surface area contributed by atoms with Crippen LogP contribution in [0.25, 0.3) is 0 Å². The number of carbonyl (C=O) groups excluding carboxylic acids is 2. The number of methoxy groups -OCH3 is 1. The Bertz CT molecular complexity index is 506. The molecule has 1 N–H and O–H groups in total. The quantitative estimate of drug-likeness (QED) is 0.766. The number of aromatic nitrogens is 1. The van der Waals surface area contributed by atoms with E-state index in [-0.39, 0.29) is 18.0 Å². The summed E-state index contributed by atoms with van der Waals surface area (Å²) in [6.45, 7) is 0. The Morgan fingerprint density at radius 1 is 1.44 bits per heavy atom. The van der Waals surface area contributed by atoms with Gasteiger partial charge in [-0.2, -0.15) is 0 Å². The van der Waals surface area contributed by atoms with Gasteiger partial charge in [-0.1, -0.05) is 12.8 Å². The third-order valence-corrected chi connectivity index (χ3v) is 3.94. The van der Waals surface area contributed by atoms with Gasteiger partial charge in [0.2, 0.25) is 0 Å². The van der Waals surface area contributed by atoms with Crippen LogP contribution in [0.5, 0.6) is 0 Å². The lowest BCUT2D eigenvalue weighted by Gasteiger charge is -2.38. The molecule has 1 aliphatic heterocycles. The van der Waals surface area contributed by atoms with Gasteiger partial charge < -0.3 is 14.6 Å². The minimum Gasteiger partial charge on any atom is -0.465 e. The van der Waals surface area contributed by atoms with Crippen LogP contribution in [0.3, 0.4) is 0 Å². The Kier molecular flexibility index (Phi) is 2.61. The first-order valence-electron chi connectivity index (χ1n) is 6.32. The summed E-state index contributed by atoms with van der Waals surface area (Å²) in [5.41, 5.74) is 0.809. The molecule has 1 aromatic rings. The van der Waals surface area contributed by atoms with E-state index in [4.69, 9.17) is 4.74 Å². The van der Waals surface area contributed by atoms with Crippen LogP contribution in [0, 0.1) is 0 Å². The predicted octanol–water partition coefficient (Wildman–Crippen LogP) is 1.50. The molecule has 0 bridgehead atoms. The molecule has 0 aromatic carbocycles. The number of fused-ring (bicyclic) bond motifs is 3. The van der Waals surface area contributed by atoms with Crippen LogP contribution >= 0.6 is 0 Å². The third kappa shape index (κ3) is 1.54. The van der Waals surface area contributed by atoms with Crippen molar-refractivity contribution in [2.24, 2.45) is 0 Å². The standard InChI is InChI=1S/C13H16N2O3/c1-18-13(17)8-6-7-15-10-5-3-2-4-9(10)14-12(16)11(8)15/h6-7,9-10H,2-5H2,1H3,(H,14,16)/t9-,10-/m1/s1. The highest BCUT2D eigenvalue weighted by molar-refractivity contribution is 6.05. The Hall–Kier alpha value is -1.78. The van der Waals surface area contributed by atoms with Gasteiger partial charge in [0.05, 0.1) is 18.7 Å². The summed E-state index contributed by atoms with van der Waals surface area (Å²) in [4.78, 5) is 23.7. The van der Waals surface area contributed by atoms with Gasteiger partial charge in [-0.3, -0.25) is 4.79 Å². The molecular formula is C13H16N2O3. The highest BCUT2D eigenvalue weighted by Crippen LogP contribution is 2.34. The lowest BCUT2D eigenvalue weighted by atomic mass is 9.88. The molecule has 1 aliphatic carbocycles. The minimum atomic E-state index is -0.451. The van der Waals surface area contributed by atoms with Gasteiger partial charge in [0.15, 0.2) is 0 Å². The lowest BCUT2D eigenvalue weighted by Crippen LogP contribution is -2.49. The van der Waals surface area contributed by atoms with Crippen LogP contribution in [-0.2, 0) is 4.74 Å². The van der Waals surface area contributed by atoms with E-state index in [0.29, 0.717) is 11.3 Å². The van der Waals surface area contributed by atoms with E-state index in [1.54, 1.807) is 6.07 Å². The summed E-state index contributed by atoms with van der Waals surface area (Å²) in [5, 5.41) is 3.01. The second kappa shape index (κ2) is 4.15. The van der Waals surface area contributed by atoms with Crippen LogP contribution in [0.2, 0.25) is 0 Å². The molecule has 5 nitrogen and oxygen atoms in total. The second-order valence-electron chi connectivity index (χ2n) is 4.91. The van der Waals surface area contributed by atoms with Crippen molar-refractivity contribution in [1.82, 2.24) is 9.88 Å². The van der Waals surface area contributed by atoms with Gasteiger partial charge in [0.25, 0.3) is 5.91 Å². The van der Waals surface area contributed by atoms with E-state index < -0.39 is 5.97 Å². The van der Waals surface area contributed by atoms with E-state index in [2.05, 4.69) is 5.32 Å². The first-order chi connectivity index (χ1) is 8.72. The number of nitrogens with one attached hydrogen (secondary N) is 1. The molecule has 0 saturated heterocycles. The zero-order chi connectivity index (χ0) is 12.7. The number of hydrogen-bond donors (Lipinski definition) is 1. The summed E-state index contributed by atoms with van der Waals surface area (Å²) in [5.74, 6) is -0.614. The van der Waals surface area contributed by atoms with Crippen molar-refractivity contribution in [3.05, 3.63) is 23.5 Å². The number of rotatable bonds is 1. The number of carbonyl (C=O) groups is 2. The fourth-order valence-corrected chi connectivity index (χ4v) is 3.09. The maximum Gasteiger partial charge on any atom is 0.340 e. The average molecular weight is 248 g/mol. The molecule has 1 fully saturated rings. The number of amides is 1. The SMILES string of the molecule is COC(=O)c1ccn2c1C(=O)N[C@@H]1CCCC[C@H]12. The Labute approximate surface area is 105 Å². The maximum absolute atomic E-state index is 12.1. The summed E-state index contributed by atoms with van der Waals surface area (Å²) >= 11 is 0. The van der Waals surface area contributed by atoms with Crippen LogP contribution in [-0.4, -0.2) is 29.6 Å². The van der Waals surface area contributed by atoms with Crippen molar-refractivity contribution >= 4 is 11.9 Å². The van der Waals surface area contributed by atoms with E-state index in [9.17, 15) is 9.59 Å². The average Bonchev–Trinajstić information content (AvgIpc) is 2.83. The fourth-order valence-electron chi connectivity index (χ4n) is 3.09. The Morgan fingerprint density at radius 2 is 2.22 bits per heavy atom. The van der Waals surface area contributed by atoms with Crippen molar-refractivity contribution in [2.75, 3.05) is 7.11 Å². The molecule has 96 valence electrons. The van der Waals surface area contributed by atoms with Crippen molar-refractivity contribution in [1.29, 1.82) is 0 Å². The first kappa shape index (κ1) is 11.3. The zero-order valence-electron chi connectivity index (χ0n) is 10.3. The number of nitrogens with zero attached hydrogens (tertiary/aromatic N) is 1. The zero-order valence-corrected chi connectivity index (χ0v) is 10.3. The topological polar surface area (TPSA) is 60.3 Å². The van der Waals surface area contributed by atoms with Gasteiger partial charge in [-0.15, -0.1) is 0 Å². The number of esters is 1. The van der Waals surface area contributed by atoms with Crippen LogP contribution < -0.4 is 5.32 Å². The fraction of sp³-hybridized carbons (Fsp3) is 0.538. The van der Waals surface area contributed by atoms with Crippen LogP contribution in [0.4, 0.5) is 0 Å². The highest BCUT2D eigenvalue weighted by atomic mass is 16.5. The van der Waals surface area contributed by atoms with Gasteiger partial charge >= 0.3 is 5.97 Å². The first-order valence-corrected chi connectivity index (χ1v) is 6.32. The van der Waals surface area contributed by atoms with E-state index in [1.807, 2.05) is 10.8 Å². The summed E-state index contributed by atoms with van der Waals surface area (Å²) in [7, 11) is 1.33. The van der Waals surface area contributed by atoms with Gasteiger partial charge in [-0.25, -0.2) is 4.79 Å². The lowest BCUT2D eigenvalue weighted by molar-refractivity contribution is 0.0592. The van der Waals surface area contributed by atoms with Gasteiger partial charge in [-0.05, 0) is 18.9 Å². The van der Waals surface area contributed by atoms with E-state index in [0.717, 1.165) is 19.3 Å². The third-order valence-electron chi connectivity index (χ3n) is 3.94. The smallest absolute Gasteiger partial charge is 0.340 e. The Balaban J connectivity index is 2.05. The van der Waals surface area contributed by atoms with Crippen molar-refractivity contribution < 1.29 is 14.3 Å². The molecule has 0 radical (unpaired) electrons. The molecule has 3 rings (SSSR count). The van der Waals surface area contributed by atoms with Crippen molar-refractivity contribution in [3.63, 3.8) is 0 Å². The number of hydrogen-bond acceptors (Lipinski definition) is 3. The van der Waals surface area contributed by atoms with E-state index in [1.165, 1.54) is 13.5 Å². The number of ether oxygens (including phenoxy) is 1. The monoisotopic (exact) mass is 248 g/mol. The molecule has 5 heteroatoms. The molecule has 1 aromatic heterocycles. The normalized spacial score (nSPS) is 25.9. The highest BCUT2D eigenvalue weighted by Gasteiger charge is 2.37. The minimum absolute atomic E-state index is 0.163. The van der Waals surface area contributed by atoms with Crippen molar-refractivity contribution in [2.45, 2.75) is 37.8 Å².